The van der Waals surface area contributed by atoms with E-state index in [0.717, 1.165) is 13.0 Å². The van der Waals surface area contributed by atoms with E-state index in [9.17, 15) is 4.79 Å². The molecule has 6 heteroatoms. The van der Waals surface area contributed by atoms with Crippen LogP contribution in [0, 0.1) is 5.92 Å². The summed E-state index contributed by atoms with van der Waals surface area (Å²) in [6.07, 6.45) is 2.76. The number of hydrogen-bond acceptors (Lipinski definition) is 3. The highest BCUT2D eigenvalue weighted by Gasteiger charge is 2.29. The van der Waals surface area contributed by atoms with E-state index in [2.05, 4.69) is 4.98 Å². The number of imidazole rings is 1. The summed E-state index contributed by atoms with van der Waals surface area (Å²) in [4.78, 5) is 18.6. The van der Waals surface area contributed by atoms with Crippen LogP contribution in [0.5, 0.6) is 0 Å². The molecule has 0 aliphatic carbocycles. The summed E-state index contributed by atoms with van der Waals surface area (Å²) < 4.78 is 1.74. The Labute approximate surface area is 116 Å². The Bertz CT molecular complexity index is 624. The molecular formula is C13H15ClN4O. The fourth-order valence-corrected chi connectivity index (χ4v) is 2.78. The van der Waals surface area contributed by atoms with Gasteiger partial charge in [0.05, 0.1) is 0 Å². The van der Waals surface area contributed by atoms with Gasteiger partial charge < -0.3 is 10.6 Å². The molecule has 0 radical (unpaired) electrons. The minimum atomic E-state index is -0.0698. The number of halogens is 1. The molecule has 1 aliphatic heterocycles. The van der Waals surface area contributed by atoms with Crippen LogP contribution in [-0.2, 0) is 0 Å². The molecule has 1 atom stereocenters. The number of carbonyl (C=O) groups excluding carboxylic acids is 1. The lowest BCUT2D eigenvalue weighted by Crippen LogP contribution is -2.30. The minimum Gasteiger partial charge on any atom is -0.337 e. The largest absolute Gasteiger partial charge is 0.337 e. The second-order valence-electron chi connectivity index (χ2n) is 4.82. The molecule has 3 rings (SSSR count). The summed E-state index contributed by atoms with van der Waals surface area (Å²) in [5.74, 6) is 0.321. The first-order valence-electron chi connectivity index (χ1n) is 6.32. The van der Waals surface area contributed by atoms with Gasteiger partial charge in [0.25, 0.3) is 5.91 Å². The average Bonchev–Trinajstić information content (AvgIpc) is 3.01. The maximum atomic E-state index is 12.5. The van der Waals surface area contributed by atoms with Crippen molar-refractivity contribution in [1.82, 2.24) is 14.3 Å². The number of nitrogens with two attached hydrogens (primary N) is 1. The molecule has 2 N–H and O–H groups in total. The van der Waals surface area contributed by atoms with Crippen LogP contribution in [-0.4, -0.2) is 39.8 Å². The summed E-state index contributed by atoms with van der Waals surface area (Å²) in [5.41, 5.74) is 6.78. The summed E-state index contributed by atoms with van der Waals surface area (Å²) in [6.45, 7) is 2.05. The molecule has 0 spiro atoms. The maximum Gasteiger partial charge on any atom is 0.274 e. The number of nitrogens with zero attached hydrogens (tertiary/aromatic N) is 3. The van der Waals surface area contributed by atoms with Crippen molar-refractivity contribution in [1.29, 1.82) is 0 Å². The predicted molar refractivity (Wildman–Crippen MR) is 73.3 cm³/mol. The molecule has 5 nitrogen and oxygen atoms in total. The topological polar surface area (TPSA) is 63.6 Å². The number of hydrogen-bond donors (Lipinski definition) is 1. The van der Waals surface area contributed by atoms with E-state index >= 15 is 0 Å². The molecule has 100 valence electrons. The molecule has 0 saturated carbocycles. The van der Waals surface area contributed by atoms with Gasteiger partial charge in [0, 0.05) is 19.3 Å². The van der Waals surface area contributed by atoms with Gasteiger partial charge in [-0.25, -0.2) is 4.98 Å². The van der Waals surface area contributed by atoms with E-state index in [1.54, 1.807) is 15.5 Å². The van der Waals surface area contributed by atoms with Gasteiger partial charge in [0.15, 0.2) is 10.8 Å². The van der Waals surface area contributed by atoms with E-state index in [1.807, 2.05) is 18.2 Å². The number of likely N-dealkylation sites (tertiary alicyclic amines) is 1. The molecular weight excluding hydrogens is 264 g/mol. The van der Waals surface area contributed by atoms with Crippen LogP contribution < -0.4 is 5.73 Å². The third kappa shape index (κ3) is 2.09. The number of amides is 1. The van der Waals surface area contributed by atoms with Crippen molar-refractivity contribution in [2.45, 2.75) is 6.42 Å². The molecule has 19 heavy (non-hydrogen) atoms. The van der Waals surface area contributed by atoms with Gasteiger partial charge in [-0.1, -0.05) is 17.7 Å². The van der Waals surface area contributed by atoms with Crippen molar-refractivity contribution in [2.75, 3.05) is 19.6 Å². The highest BCUT2D eigenvalue weighted by Crippen LogP contribution is 2.23. The molecule has 0 unspecified atom stereocenters. The minimum absolute atomic E-state index is 0.0698. The molecule has 1 amide bonds. The monoisotopic (exact) mass is 278 g/mol. The van der Waals surface area contributed by atoms with E-state index in [-0.39, 0.29) is 11.1 Å². The quantitative estimate of drug-likeness (QED) is 0.903. The number of pyridine rings is 1. The Kier molecular flexibility index (Phi) is 3.16. The SMILES string of the molecule is NC[C@H]1CCN(C(=O)c2c(Cl)nc3ccccn23)C1. The number of rotatable bonds is 2. The Balaban J connectivity index is 1.96. The van der Waals surface area contributed by atoms with Crippen LogP contribution >= 0.6 is 11.6 Å². The standard InChI is InChI=1S/C13H15ClN4O/c14-12-11(18-5-2-1-3-10(18)16-12)13(19)17-6-4-9(7-15)8-17/h1-3,5,9H,4,6-8,15H2/t9-/m1/s1. The van der Waals surface area contributed by atoms with E-state index < -0.39 is 0 Å². The summed E-state index contributed by atoms with van der Waals surface area (Å²) in [5, 5.41) is 0.257. The van der Waals surface area contributed by atoms with E-state index in [4.69, 9.17) is 17.3 Å². The van der Waals surface area contributed by atoms with E-state index in [1.165, 1.54) is 0 Å². The molecule has 2 aromatic rings. The number of fused-ring (bicyclic) bond motifs is 1. The van der Waals surface area contributed by atoms with Crippen LogP contribution in [0.2, 0.25) is 5.15 Å². The van der Waals surface area contributed by atoms with Crippen LogP contribution in [0.25, 0.3) is 5.65 Å². The van der Waals surface area contributed by atoms with Gasteiger partial charge in [-0.05, 0) is 31.0 Å². The smallest absolute Gasteiger partial charge is 0.274 e. The number of carbonyl (C=O) groups is 1. The lowest BCUT2D eigenvalue weighted by Gasteiger charge is -2.16. The van der Waals surface area contributed by atoms with Crippen molar-refractivity contribution in [2.24, 2.45) is 11.7 Å². The molecule has 0 bridgehead atoms. The molecule has 1 saturated heterocycles. The lowest BCUT2D eigenvalue weighted by atomic mass is 10.1. The van der Waals surface area contributed by atoms with Crippen LogP contribution in [0.1, 0.15) is 16.9 Å². The Morgan fingerprint density at radius 1 is 1.53 bits per heavy atom. The molecule has 1 aliphatic rings. The molecule has 3 heterocycles. The Hall–Kier alpha value is -1.59. The summed E-state index contributed by atoms with van der Waals surface area (Å²) in [6, 6.07) is 5.55. The van der Waals surface area contributed by atoms with Gasteiger partial charge in [-0.15, -0.1) is 0 Å². The Morgan fingerprint density at radius 2 is 2.37 bits per heavy atom. The van der Waals surface area contributed by atoms with Gasteiger partial charge >= 0.3 is 0 Å². The number of aromatic nitrogens is 2. The van der Waals surface area contributed by atoms with Gasteiger partial charge in [-0.3, -0.25) is 9.20 Å². The zero-order chi connectivity index (χ0) is 13.4. The highest BCUT2D eigenvalue weighted by atomic mass is 35.5. The second kappa shape index (κ2) is 4.83. The van der Waals surface area contributed by atoms with Crippen molar-refractivity contribution in [3.8, 4) is 0 Å². The third-order valence-electron chi connectivity index (χ3n) is 3.60. The van der Waals surface area contributed by atoms with E-state index in [0.29, 0.717) is 30.3 Å². The third-order valence-corrected chi connectivity index (χ3v) is 3.86. The molecule has 2 aromatic heterocycles. The first-order chi connectivity index (χ1) is 9.20. The zero-order valence-electron chi connectivity index (χ0n) is 10.4. The van der Waals surface area contributed by atoms with Crippen LogP contribution in [0.4, 0.5) is 0 Å². The average molecular weight is 279 g/mol. The Morgan fingerprint density at radius 3 is 3.11 bits per heavy atom. The first kappa shape index (κ1) is 12.4. The summed E-state index contributed by atoms with van der Waals surface area (Å²) >= 11 is 6.11. The zero-order valence-corrected chi connectivity index (χ0v) is 11.2. The van der Waals surface area contributed by atoms with Gasteiger partial charge in [-0.2, -0.15) is 0 Å². The second-order valence-corrected chi connectivity index (χ2v) is 5.18. The molecule has 1 fully saturated rings. The van der Waals surface area contributed by atoms with Crippen molar-refractivity contribution in [3.63, 3.8) is 0 Å². The summed E-state index contributed by atoms with van der Waals surface area (Å²) in [7, 11) is 0. The normalized spacial score (nSPS) is 19.3. The van der Waals surface area contributed by atoms with Crippen LogP contribution in [0.15, 0.2) is 24.4 Å². The van der Waals surface area contributed by atoms with Gasteiger partial charge in [0.1, 0.15) is 5.65 Å². The van der Waals surface area contributed by atoms with Crippen molar-refractivity contribution in [3.05, 3.63) is 35.2 Å². The maximum absolute atomic E-state index is 12.5. The van der Waals surface area contributed by atoms with Gasteiger partial charge in [0.2, 0.25) is 0 Å². The molecule has 0 aromatic carbocycles. The van der Waals surface area contributed by atoms with Crippen molar-refractivity contribution < 1.29 is 4.79 Å². The predicted octanol–water partition coefficient (Wildman–Crippen LogP) is 1.41. The highest BCUT2D eigenvalue weighted by molar-refractivity contribution is 6.32. The fourth-order valence-electron chi connectivity index (χ4n) is 2.52. The first-order valence-corrected chi connectivity index (χ1v) is 6.70. The lowest BCUT2D eigenvalue weighted by molar-refractivity contribution is 0.0781. The fraction of sp³-hybridized carbons (Fsp3) is 0.385. The van der Waals surface area contributed by atoms with Crippen molar-refractivity contribution >= 4 is 23.2 Å². The van der Waals surface area contributed by atoms with Crippen LogP contribution in [0.3, 0.4) is 0 Å².